The van der Waals surface area contributed by atoms with E-state index < -0.39 is 0 Å². The van der Waals surface area contributed by atoms with Crippen LogP contribution in [-0.4, -0.2) is 61.9 Å². The molecule has 0 bridgehead atoms. The summed E-state index contributed by atoms with van der Waals surface area (Å²) in [6.45, 7) is 6.68. The highest BCUT2D eigenvalue weighted by Gasteiger charge is 2.24. The van der Waals surface area contributed by atoms with Crippen molar-refractivity contribution in [1.29, 1.82) is 0 Å². The predicted molar refractivity (Wildman–Crippen MR) is 115 cm³/mol. The van der Waals surface area contributed by atoms with Crippen LogP contribution in [0.1, 0.15) is 16.7 Å². The Hall–Kier alpha value is -1.88. The fourth-order valence-electron chi connectivity index (χ4n) is 4.23. The number of anilines is 1. The molecule has 2 aliphatic heterocycles. The summed E-state index contributed by atoms with van der Waals surface area (Å²) in [5.74, 6) is 0.267. The molecule has 1 fully saturated rings. The van der Waals surface area contributed by atoms with Gasteiger partial charge in [-0.2, -0.15) is 0 Å². The molecular weight excluding hydrogens is 370 g/mol. The molecule has 4 rings (SSSR count). The van der Waals surface area contributed by atoms with Crippen molar-refractivity contribution in [2.75, 3.05) is 51.2 Å². The van der Waals surface area contributed by atoms with E-state index in [2.05, 4.69) is 39.9 Å². The molecule has 0 radical (unpaired) electrons. The summed E-state index contributed by atoms with van der Waals surface area (Å²) in [6.07, 6.45) is 1.49. The highest BCUT2D eigenvalue weighted by molar-refractivity contribution is 6.30. The van der Waals surface area contributed by atoms with E-state index in [1.165, 1.54) is 16.8 Å². The number of halogens is 1. The Kier molecular flexibility index (Phi) is 6.00. The Morgan fingerprint density at radius 2 is 1.75 bits per heavy atom. The minimum Gasteiger partial charge on any atom is -0.369 e. The van der Waals surface area contributed by atoms with Crippen molar-refractivity contribution in [2.24, 2.45) is 0 Å². The number of nitrogens with zero attached hydrogens (tertiary/aromatic N) is 3. The molecule has 0 N–H and O–H groups in total. The van der Waals surface area contributed by atoms with Crippen LogP contribution in [0.15, 0.2) is 42.5 Å². The lowest BCUT2D eigenvalue weighted by Gasteiger charge is -2.38. The van der Waals surface area contributed by atoms with Gasteiger partial charge in [-0.15, -0.1) is 0 Å². The number of ketones is 1. The van der Waals surface area contributed by atoms with Gasteiger partial charge in [-0.3, -0.25) is 9.69 Å². The lowest BCUT2D eigenvalue weighted by Crippen LogP contribution is -2.45. The van der Waals surface area contributed by atoms with Crippen LogP contribution in [0.2, 0.25) is 5.02 Å². The third kappa shape index (κ3) is 4.57. The molecule has 0 amide bonds. The monoisotopic (exact) mass is 397 g/mol. The largest absolute Gasteiger partial charge is 0.369 e. The maximum absolute atomic E-state index is 12.6. The Morgan fingerprint density at radius 1 is 1.00 bits per heavy atom. The zero-order valence-corrected chi connectivity index (χ0v) is 17.3. The van der Waals surface area contributed by atoms with Crippen LogP contribution in [0.25, 0.3) is 0 Å². The van der Waals surface area contributed by atoms with Crippen LogP contribution in [0.4, 0.5) is 5.69 Å². The zero-order valence-electron chi connectivity index (χ0n) is 16.5. The van der Waals surface area contributed by atoms with Crippen LogP contribution in [-0.2, 0) is 24.2 Å². The molecule has 0 atom stereocenters. The van der Waals surface area contributed by atoms with Crippen molar-refractivity contribution in [3.05, 3.63) is 64.2 Å². The van der Waals surface area contributed by atoms with Gasteiger partial charge in [0.2, 0.25) is 0 Å². The smallest absolute Gasteiger partial charge is 0.151 e. The minimum absolute atomic E-state index is 0.267. The Bertz CT molecular complexity index is 828. The number of carbonyl (C=O) groups is 1. The third-order valence-corrected chi connectivity index (χ3v) is 6.14. The first kappa shape index (κ1) is 19.4. The van der Waals surface area contributed by atoms with Gasteiger partial charge in [-0.25, -0.2) is 0 Å². The SMILES string of the molecule is CN1CCN(c2cccc3c2CN(CC(=O)Cc2ccc(Cl)cc2)CC3)CC1. The molecule has 0 aliphatic carbocycles. The van der Waals surface area contributed by atoms with Crippen LogP contribution in [0.5, 0.6) is 0 Å². The van der Waals surface area contributed by atoms with Crippen molar-refractivity contribution in [1.82, 2.24) is 9.80 Å². The van der Waals surface area contributed by atoms with Crippen LogP contribution in [0, 0.1) is 0 Å². The van der Waals surface area contributed by atoms with Crippen molar-refractivity contribution >= 4 is 23.1 Å². The number of Topliss-reactive ketones (excluding diaryl/α,β-unsaturated/α-hetero) is 1. The summed E-state index contributed by atoms with van der Waals surface area (Å²) in [7, 11) is 2.19. The molecule has 0 unspecified atom stereocenters. The summed E-state index contributed by atoms with van der Waals surface area (Å²) in [5, 5.41) is 0.709. The van der Waals surface area contributed by atoms with Crippen molar-refractivity contribution in [2.45, 2.75) is 19.4 Å². The predicted octanol–water partition coefficient (Wildman–Crippen LogP) is 3.26. The van der Waals surface area contributed by atoms with Gasteiger partial charge in [0.1, 0.15) is 0 Å². The molecule has 2 heterocycles. The van der Waals surface area contributed by atoms with Gasteiger partial charge in [-0.05, 0) is 48.4 Å². The molecule has 28 heavy (non-hydrogen) atoms. The van der Waals surface area contributed by atoms with Crippen molar-refractivity contribution in [3.63, 3.8) is 0 Å². The molecule has 1 saturated heterocycles. The zero-order chi connectivity index (χ0) is 19.5. The van der Waals surface area contributed by atoms with E-state index in [4.69, 9.17) is 11.6 Å². The lowest BCUT2D eigenvalue weighted by atomic mass is 9.96. The number of likely N-dealkylation sites (N-methyl/N-ethyl adjacent to an activating group) is 1. The first-order valence-corrected chi connectivity index (χ1v) is 10.5. The van der Waals surface area contributed by atoms with Gasteiger partial charge in [0.25, 0.3) is 0 Å². The average molecular weight is 398 g/mol. The molecule has 0 aromatic heterocycles. The number of fused-ring (bicyclic) bond motifs is 1. The van der Waals surface area contributed by atoms with Gasteiger partial charge in [0, 0.05) is 56.4 Å². The van der Waals surface area contributed by atoms with Gasteiger partial charge in [-0.1, -0.05) is 35.9 Å². The topological polar surface area (TPSA) is 26.8 Å². The first-order chi connectivity index (χ1) is 13.6. The molecule has 5 heteroatoms. The van der Waals surface area contributed by atoms with E-state index in [1.807, 2.05) is 24.3 Å². The number of carbonyl (C=O) groups excluding carboxylic acids is 1. The summed E-state index contributed by atoms with van der Waals surface area (Å²) < 4.78 is 0. The Balaban J connectivity index is 1.42. The van der Waals surface area contributed by atoms with E-state index in [0.717, 1.165) is 51.3 Å². The molecular formula is C23H28ClN3O. The molecule has 2 aliphatic rings. The van der Waals surface area contributed by atoms with E-state index in [1.54, 1.807) is 0 Å². The maximum Gasteiger partial charge on any atom is 0.151 e. The number of rotatable bonds is 5. The average Bonchev–Trinajstić information content (AvgIpc) is 2.70. The molecule has 4 nitrogen and oxygen atoms in total. The summed E-state index contributed by atoms with van der Waals surface area (Å²) in [6, 6.07) is 14.3. The normalized spacial score (nSPS) is 18.1. The van der Waals surface area contributed by atoms with Gasteiger partial charge >= 0.3 is 0 Å². The maximum atomic E-state index is 12.6. The fourth-order valence-corrected chi connectivity index (χ4v) is 4.36. The Morgan fingerprint density at radius 3 is 2.50 bits per heavy atom. The number of hydrogen-bond acceptors (Lipinski definition) is 4. The second-order valence-corrected chi connectivity index (χ2v) is 8.44. The number of benzene rings is 2. The molecule has 2 aromatic carbocycles. The van der Waals surface area contributed by atoms with E-state index in [-0.39, 0.29) is 5.78 Å². The highest BCUT2D eigenvalue weighted by atomic mass is 35.5. The second kappa shape index (κ2) is 8.64. The summed E-state index contributed by atoms with van der Waals surface area (Å²) in [5.41, 5.74) is 5.25. The van der Waals surface area contributed by atoms with E-state index in [0.29, 0.717) is 18.0 Å². The number of piperazine rings is 1. The Labute approximate surface area is 172 Å². The highest BCUT2D eigenvalue weighted by Crippen LogP contribution is 2.30. The molecule has 0 spiro atoms. The quantitative estimate of drug-likeness (QED) is 0.773. The van der Waals surface area contributed by atoms with Crippen LogP contribution in [0.3, 0.4) is 0 Å². The molecule has 148 valence electrons. The first-order valence-electron chi connectivity index (χ1n) is 10.1. The van der Waals surface area contributed by atoms with Crippen molar-refractivity contribution in [3.8, 4) is 0 Å². The second-order valence-electron chi connectivity index (χ2n) is 8.01. The van der Waals surface area contributed by atoms with Crippen LogP contribution < -0.4 is 4.90 Å². The van der Waals surface area contributed by atoms with Gasteiger partial charge < -0.3 is 9.80 Å². The van der Waals surface area contributed by atoms with Gasteiger partial charge in [0.15, 0.2) is 5.78 Å². The summed E-state index contributed by atoms with van der Waals surface area (Å²) >= 11 is 5.94. The van der Waals surface area contributed by atoms with E-state index in [9.17, 15) is 4.79 Å². The minimum atomic E-state index is 0.267. The lowest BCUT2D eigenvalue weighted by molar-refractivity contribution is -0.119. The third-order valence-electron chi connectivity index (χ3n) is 5.89. The van der Waals surface area contributed by atoms with Gasteiger partial charge in [0.05, 0.1) is 6.54 Å². The summed E-state index contributed by atoms with van der Waals surface area (Å²) in [4.78, 5) is 19.8. The number of hydrogen-bond donors (Lipinski definition) is 0. The fraction of sp³-hybridized carbons (Fsp3) is 0.435. The van der Waals surface area contributed by atoms with Crippen molar-refractivity contribution < 1.29 is 4.79 Å². The molecule has 0 saturated carbocycles. The van der Waals surface area contributed by atoms with Crippen LogP contribution >= 0.6 is 11.6 Å². The van der Waals surface area contributed by atoms with E-state index >= 15 is 0 Å². The molecule has 2 aromatic rings. The standard InChI is InChI=1S/C23H28ClN3O/c1-25-11-13-27(14-12-25)23-4-2-3-19-9-10-26(17-22(19)23)16-21(28)15-18-5-7-20(24)8-6-18/h2-8H,9-17H2,1H3.